The van der Waals surface area contributed by atoms with Crippen molar-refractivity contribution < 1.29 is 33.8 Å². The van der Waals surface area contributed by atoms with E-state index >= 15 is 0 Å². The third-order valence-corrected chi connectivity index (χ3v) is 13.4. The first-order chi connectivity index (χ1) is 27.8. The van der Waals surface area contributed by atoms with E-state index in [1.54, 1.807) is 39.0 Å². The zero-order valence-electron chi connectivity index (χ0n) is 39.2. The molecule has 3 nitrogen and oxygen atoms in total. The van der Waals surface area contributed by atoms with Crippen molar-refractivity contribution in [2.75, 3.05) is 0 Å². The third kappa shape index (κ3) is 8.94. The largest absolute Gasteiger partial charge is 0 e. The maximum Gasteiger partial charge on any atom is 0 e. The maximum atomic E-state index is 9.42. The second-order valence-electron chi connectivity index (χ2n) is 14.0. The Labute approximate surface area is 337 Å². The fourth-order valence-corrected chi connectivity index (χ4v) is 8.88. The molecule has 0 N–H and O–H groups in total. The minimum atomic E-state index is -2.80. The van der Waals surface area contributed by atoms with E-state index < -0.39 is 38.8 Å². The van der Waals surface area contributed by atoms with Gasteiger partial charge >= 0.3 is 99.8 Å². The molecule has 3 heterocycles. The van der Waals surface area contributed by atoms with Crippen molar-refractivity contribution in [2.45, 2.75) is 58.1 Å². The van der Waals surface area contributed by atoms with Gasteiger partial charge in [-0.3, -0.25) is 0 Å². The van der Waals surface area contributed by atoms with Crippen molar-refractivity contribution in [3.05, 3.63) is 138 Å². The van der Waals surface area contributed by atoms with Crippen LogP contribution >= 0.6 is 11.3 Å². The van der Waals surface area contributed by atoms with Gasteiger partial charge in [0.05, 0.1) is 14.4 Å². The topological polar surface area (TPSA) is 49.6 Å². The predicted molar refractivity (Wildman–Crippen MR) is 216 cm³/mol. The zero-order valence-corrected chi connectivity index (χ0v) is 34.6. The van der Waals surface area contributed by atoms with Gasteiger partial charge in [-0.1, -0.05) is 56.5 Å². The number of fused-ring (bicyclic) bond motifs is 3. The average Bonchev–Trinajstić information content (AvgIpc) is 3.56. The summed E-state index contributed by atoms with van der Waals surface area (Å²) in [6.07, 6.45) is 1.20. The smallest absolute Gasteiger partial charge is 0 e. The normalized spacial score (nSPS) is 15.1. The third-order valence-electron chi connectivity index (χ3n) is 7.98. The molecule has 0 atom stereocenters. The number of thiophene rings is 1. The molecule has 0 spiro atoms. The summed E-state index contributed by atoms with van der Waals surface area (Å²) in [5, 5.41) is 11.0. The summed E-state index contributed by atoms with van der Waals surface area (Å²) < 4.78 is 87.1. The average molecular weight is 933 g/mol. The molecule has 259 valence electrons. The number of aryl methyl sites for hydroxylation is 2. The van der Waals surface area contributed by atoms with Crippen LogP contribution in [0.3, 0.4) is 0 Å². The standard InChI is InChI=1S/C31H27N2S.C14H16GeN.Ir/c1-19-13-21(16-31(3,4)5)9-11-23(19)27-15-28(33-18-20(27)2)26-8-6-7-25-24-12-10-22(17-32)14-29(24)34-30(25)26;1-15(2,3)13-9-10-14(16-11-13)12-7-5-4-6-8-12;/h6-7,9-15,18H,16H2,1-5H3;4-7,9-11H,1-3H3;/q2*-1;/i1D3,2D3,11D,14D,16D2;;. The van der Waals surface area contributed by atoms with Gasteiger partial charge in [0.1, 0.15) is 0 Å². The maximum absolute atomic E-state index is 9.42. The van der Waals surface area contributed by atoms with Gasteiger partial charge in [0.2, 0.25) is 0 Å². The Bertz CT molecular complexity index is 2770. The molecule has 0 bridgehead atoms. The summed E-state index contributed by atoms with van der Waals surface area (Å²) in [5.41, 5.74) is 1.43. The Morgan fingerprint density at radius 1 is 0.882 bits per heavy atom. The van der Waals surface area contributed by atoms with E-state index in [0.29, 0.717) is 15.0 Å². The van der Waals surface area contributed by atoms with Crippen LogP contribution in [0.5, 0.6) is 0 Å². The van der Waals surface area contributed by atoms with E-state index in [0.717, 1.165) is 28.2 Å². The molecule has 0 unspecified atom stereocenters. The van der Waals surface area contributed by atoms with Gasteiger partial charge < -0.3 is 4.98 Å². The van der Waals surface area contributed by atoms with Crippen LogP contribution in [0.2, 0.25) is 17.3 Å². The Kier molecular flexibility index (Phi) is 8.28. The van der Waals surface area contributed by atoms with Crippen molar-refractivity contribution in [3.63, 3.8) is 0 Å². The van der Waals surface area contributed by atoms with E-state index in [9.17, 15) is 5.26 Å². The van der Waals surface area contributed by atoms with Crippen LogP contribution in [-0.4, -0.2) is 23.2 Å². The molecule has 3 aromatic heterocycles. The van der Waals surface area contributed by atoms with Crippen molar-refractivity contribution in [1.29, 1.82) is 5.26 Å². The van der Waals surface area contributed by atoms with Gasteiger partial charge in [-0.05, 0) is 81.2 Å². The van der Waals surface area contributed by atoms with Gasteiger partial charge in [0, 0.05) is 42.0 Å². The van der Waals surface area contributed by atoms with Crippen molar-refractivity contribution in [2.24, 2.45) is 5.41 Å². The molecule has 0 amide bonds. The van der Waals surface area contributed by atoms with Crippen LogP contribution in [0.1, 0.15) is 56.7 Å². The van der Waals surface area contributed by atoms with E-state index in [-0.39, 0.29) is 71.3 Å². The summed E-state index contributed by atoms with van der Waals surface area (Å²) in [6, 6.07) is 31.2. The molecule has 51 heavy (non-hydrogen) atoms. The van der Waals surface area contributed by atoms with Gasteiger partial charge in [-0.2, -0.15) is 16.6 Å². The van der Waals surface area contributed by atoms with E-state index in [2.05, 4.69) is 51.5 Å². The second-order valence-corrected chi connectivity index (χ2v) is 25.7. The van der Waals surface area contributed by atoms with Crippen LogP contribution in [0.4, 0.5) is 0 Å². The van der Waals surface area contributed by atoms with Crippen molar-refractivity contribution >= 4 is 49.2 Å². The molecule has 0 saturated heterocycles. The van der Waals surface area contributed by atoms with Crippen LogP contribution in [0.25, 0.3) is 53.8 Å². The molecule has 1 radical (unpaired) electrons. The number of nitriles is 1. The minimum Gasteiger partial charge on any atom is 0 e. The number of hydrogen-bond acceptors (Lipinski definition) is 4. The van der Waals surface area contributed by atoms with Gasteiger partial charge in [0.25, 0.3) is 0 Å². The molecule has 0 aliphatic heterocycles. The summed E-state index contributed by atoms with van der Waals surface area (Å²) in [7, 11) is 0. The van der Waals surface area contributed by atoms with Crippen LogP contribution in [0.15, 0.2) is 103 Å². The SMILES string of the molecule is [2H]c1cc(C([2H])([2H])C(C)(C)C)cc(C([2H])([2H])[2H])c1-c1cc(-c2[c-]ccc3c2sc2c([2H])c(C#N)ccc23)ncc1C([2H])([2H])[2H].[CH3][Ge]([CH3])([CH3])[c]1ccc(-c2[c-]cccc2)nc1.[Ir]. The van der Waals surface area contributed by atoms with Gasteiger partial charge in [-0.15, -0.1) is 23.8 Å². The van der Waals surface area contributed by atoms with Crippen molar-refractivity contribution in [3.8, 4) is 39.7 Å². The number of hydrogen-bond donors (Lipinski definition) is 0. The Balaban J connectivity index is 0.000000347. The number of rotatable bonds is 5. The van der Waals surface area contributed by atoms with E-state index in [1.807, 2.05) is 42.6 Å². The molecule has 6 heteroatoms. The first kappa shape index (κ1) is 26.8. The van der Waals surface area contributed by atoms with Gasteiger partial charge in [-0.25, -0.2) is 0 Å². The fraction of sp³-hybridized carbons (Fsp3) is 0.222. The van der Waals surface area contributed by atoms with Crippen molar-refractivity contribution in [1.82, 2.24) is 9.97 Å². The molecule has 7 rings (SSSR count). The van der Waals surface area contributed by atoms with E-state index in [4.69, 9.17) is 13.7 Å². The number of pyridine rings is 2. The monoisotopic (exact) mass is 934 g/mol. The number of nitrogens with zero attached hydrogens (tertiary/aromatic N) is 3. The summed E-state index contributed by atoms with van der Waals surface area (Å²) in [6.45, 7) is -0.476. The molecular weight excluding hydrogens is 879 g/mol. The molecule has 4 aromatic carbocycles. The first-order valence-corrected chi connectivity index (χ1v) is 24.4. The Morgan fingerprint density at radius 3 is 2.35 bits per heavy atom. The Hall–Kier alpha value is -3.92. The quantitative estimate of drug-likeness (QED) is 0.128. The minimum absolute atomic E-state index is 0. The molecule has 7 aromatic rings. The number of benzene rings is 4. The molecule has 0 fully saturated rings. The predicted octanol–water partition coefficient (Wildman–Crippen LogP) is 11.8. The van der Waals surface area contributed by atoms with E-state index in [1.165, 1.54) is 33.9 Å². The van der Waals surface area contributed by atoms with Crippen LogP contribution in [0, 0.1) is 42.6 Å². The Morgan fingerprint density at radius 2 is 1.69 bits per heavy atom. The van der Waals surface area contributed by atoms with Gasteiger partial charge in [0.15, 0.2) is 0 Å². The molecular formula is C45H43GeIrN3S-2. The van der Waals surface area contributed by atoms with Crippen LogP contribution < -0.4 is 4.40 Å². The van der Waals surface area contributed by atoms with Crippen LogP contribution in [-0.2, 0) is 26.5 Å². The molecule has 0 aliphatic carbocycles. The molecule has 0 saturated carbocycles. The summed E-state index contributed by atoms with van der Waals surface area (Å²) >= 11 is -0.437. The first-order valence-electron chi connectivity index (χ1n) is 21.2. The number of aromatic nitrogens is 2. The summed E-state index contributed by atoms with van der Waals surface area (Å²) in [4.78, 5) is 8.97. The molecule has 0 aliphatic rings. The summed E-state index contributed by atoms with van der Waals surface area (Å²) in [5.74, 6) is 7.14. The zero-order chi connectivity index (χ0) is 44.2. The fourth-order valence-electron chi connectivity index (χ4n) is 5.50. The second kappa shape index (κ2) is 15.8.